The minimum absolute atomic E-state index is 0.0697. The van der Waals surface area contributed by atoms with E-state index >= 15 is 4.39 Å². The fraction of sp³-hybridized carbons (Fsp3) is 0.429. The number of nitrogens with one attached hydrogen (secondary N) is 1. The number of hydrogen-bond acceptors (Lipinski definition) is 9. The first-order valence-electron chi connectivity index (χ1n) is 13.2. The molecule has 4 heterocycles. The minimum Gasteiger partial charge on any atom is -0.491 e. The Morgan fingerprint density at radius 3 is 2.74 bits per heavy atom. The van der Waals surface area contributed by atoms with Gasteiger partial charge in [-0.3, -0.25) is 4.68 Å². The summed E-state index contributed by atoms with van der Waals surface area (Å²) in [4.78, 5) is 12.0. The van der Waals surface area contributed by atoms with Crippen LogP contribution in [0.4, 0.5) is 10.2 Å². The third kappa shape index (κ3) is 4.76. The zero-order valence-electron chi connectivity index (χ0n) is 22.5. The van der Waals surface area contributed by atoms with Gasteiger partial charge in [-0.1, -0.05) is 5.16 Å². The monoisotopic (exact) mass is 533 g/mol. The van der Waals surface area contributed by atoms with Gasteiger partial charge in [-0.15, -0.1) is 0 Å². The van der Waals surface area contributed by atoms with Crippen LogP contribution in [0.3, 0.4) is 0 Å². The van der Waals surface area contributed by atoms with Crippen LogP contribution >= 0.6 is 0 Å². The van der Waals surface area contributed by atoms with Crippen molar-refractivity contribution < 1.29 is 18.8 Å². The molecule has 6 rings (SSSR count). The summed E-state index contributed by atoms with van der Waals surface area (Å²) in [6.45, 7) is 7.48. The first-order chi connectivity index (χ1) is 18.8. The van der Waals surface area contributed by atoms with E-state index in [9.17, 15) is 5.11 Å². The standard InChI is InChI=1S/C28H32FN7O3/c1-15-26(25-16(2)34-39-17(25)3)32-27(22-9-21(7-8-23(22)29)38-14-20(37)11-30-4)33-28(15)35-12-18-10-31-36(19-5-6-19)24(18)13-35/h7-10,19-20,30,37H,5-6,11-14H2,1-4H3/t20-/m1/s1. The van der Waals surface area contributed by atoms with Crippen LogP contribution in [-0.2, 0) is 13.1 Å². The van der Waals surface area contributed by atoms with Gasteiger partial charge in [0.2, 0.25) is 0 Å². The highest BCUT2D eigenvalue weighted by Crippen LogP contribution is 2.41. The molecule has 10 nitrogen and oxygen atoms in total. The molecule has 11 heteroatoms. The summed E-state index contributed by atoms with van der Waals surface area (Å²) >= 11 is 0. The quantitative estimate of drug-likeness (QED) is 0.331. The highest BCUT2D eigenvalue weighted by Gasteiger charge is 2.33. The van der Waals surface area contributed by atoms with Crippen LogP contribution in [0.25, 0.3) is 22.6 Å². The Morgan fingerprint density at radius 2 is 2.03 bits per heavy atom. The Labute approximate surface area is 225 Å². The van der Waals surface area contributed by atoms with Crippen molar-refractivity contribution in [3.63, 3.8) is 0 Å². The SMILES string of the molecule is CNC[C@@H](O)COc1ccc(F)c(-c2nc(-c3c(C)noc3C)c(C)c(N3Cc4cnn(C5CC5)c4C3)n2)c1. The number of fused-ring (bicyclic) bond motifs is 1. The number of likely N-dealkylation sites (N-methyl/N-ethyl adjacent to an activating group) is 1. The number of aliphatic hydroxyl groups excluding tert-OH is 1. The summed E-state index contributed by atoms with van der Waals surface area (Å²) < 4.78 is 28.6. The molecule has 204 valence electrons. The molecule has 0 radical (unpaired) electrons. The van der Waals surface area contributed by atoms with E-state index in [0.717, 1.165) is 29.8 Å². The molecule has 3 aromatic heterocycles. The lowest BCUT2D eigenvalue weighted by Crippen LogP contribution is -2.29. The lowest BCUT2D eigenvalue weighted by atomic mass is 10.0. The highest BCUT2D eigenvalue weighted by atomic mass is 19.1. The Hall–Kier alpha value is -3.83. The second kappa shape index (κ2) is 10.0. The maximum absolute atomic E-state index is 15.3. The molecule has 4 aromatic rings. The van der Waals surface area contributed by atoms with E-state index in [-0.39, 0.29) is 18.0 Å². The van der Waals surface area contributed by atoms with E-state index in [2.05, 4.69) is 25.2 Å². The van der Waals surface area contributed by atoms with Crippen LogP contribution in [0.5, 0.6) is 5.75 Å². The van der Waals surface area contributed by atoms with Crippen molar-refractivity contribution in [2.24, 2.45) is 0 Å². The van der Waals surface area contributed by atoms with Gasteiger partial charge < -0.3 is 24.6 Å². The summed E-state index contributed by atoms with van der Waals surface area (Å²) in [5, 5.41) is 21.7. The first kappa shape index (κ1) is 25.4. The molecule has 1 saturated carbocycles. The molecular weight excluding hydrogens is 501 g/mol. The normalized spacial score (nSPS) is 15.6. The van der Waals surface area contributed by atoms with Gasteiger partial charge in [0.25, 0.3) is 0 Å². The number of aliphatic hydroxyl groups is 1. The predicted octanol–water partition coefficient (Wildman–Crippen LogP) is 3.87. The fourth-order valence-corrected chi connectivity index (χ4v) is 5.21. The Bertz CT molecular complexity index is 1510. The average molecular weight is 534 g/mol. The van der Waals surface area contributed by atoms with Gasteiger partial charge in [-0.05, 0) is 58.9 Å². The molecule has 39 heavy (non-hydrogen) atoms. The van der Waals surface area contributed by atoms with Crippen LogP contribution in [0.2, 0.25) is 0 Å². The van der Waals surface area contributed by atoms with E-state index in [1.54, 1.807) is 13.1 Å². The molecule has 0 bridgehead atoms. The maximum atomic E-state index is 15.3. The van der Waals surface area contributed by atoms with Crippen molar-refractivity contribution in [2.75, 3.05) is 25.1 Å². The summed E-state index contributed by atoms with van der Waals surface area (Å²) in [5.74, 6) is 1.56. The van der Waals surface area contributed by atoms with Gasteiger partial charge in [0.05, 0.1) is 47.0 Å². The zero-order valence-corrected chi connectivity index (χ0v) is 22.5. The van der Waals surface area contributed by atoms with E-state index in [4.69, 9.17) is 19.2 Å². The molecule has 2 N–H and O–H groups in total. The van der Waals surface area contributed by atoms with Crippen LogP contribution in [0, 0.1) is 26.6 Å². The number of benzene rings is 1. The van der Waals surface area contributed by atoms with E-state index in [1.165, 1.54) is 23.4 Å². The topological polar surface area (TPSA) is 114 Å². The van der Waals surface area contributed by atoms with Crippen molar-refractivity contribution in [1.82, 2.24) is 30.2 Å². The second-order valence-electron chi connectivity index (χ2n) is 10.4. The van der Waals surface area contributed by atoms with Crippen LogP contribution in [0.1, 0.15) is 47.2 Å². The average Bonchev–Trinajstić information content (AvgIpc) is 3.41. The lowest BCUT2D eigenvalue weighted by Gasteiger charge is -2.22. The number of halogens is 1. The van der Waals surface area contributed by atoms with Crippen molar-refractivity contribution >= 4 is 5.82 Å². The molecule has 1 aromatic carbocycles. The predicted molar refractivity (Wildman–Crippen MR) is 143 cm³/mol. The fourth-order valence-electron chi connectivity index (χ4n) is 5.21. The summed E-state index contributed by atoms with van der Waals surface area (Å²) in [5.41, 5.74) is 5.61. The first-order valence-corrected chi connectivity index (χ1v) is 13.2. The summed E-state index contributed by atoms with van der Waals surface area (Å²) in [7, 11) is 1.75. The van der Waals surface area contributed by atoms with Gasteiger partial charge in [0.15, 0.2) is 5.82 Å². The molecule has 1 atom stereocenters. The number of nitrogens with zero attached hydrogens (tertiary/aromatic N) is 6. The molecule has 1 fully saturated rings. The number of ether oxygens (including phenoxy) is 1. The van der Waals surface area contributed by atoms with Crippen LogP contribution in [0.15, 0.2) is 28.9 Å². The van der Waals surface area contributed by atoms with Crippen LogP contribution < -0.4 is 15.0 Å². The molecule has 0 unspecified atom stereocenters. The van der Waals surface area contributed by atoms with Crippen molar-refractivity contribution in [1.29, 1.82) is 0 Å². The number of aryl methyl sites for hydroxylation is 2. The van der Waals surface area contributed by atoms with Crippen molar-refractivity contribution in [3.05, 3.63) is 58.5 Å². The molecule has 0 saturated heterocycles. The zero-order chi connectivity index (χ0) is 27.3. The molecular formula is C28H32FN7O3. The number of rotatable bonds is 9. The Kier molecular flexibility index (Phi) is 6.56. The second-order valence-corrected chi connectivity index (χ2v) is 10.4. The smallest absolute Gasteiger partial charge is 0.165 e. The minimum atomic E-state index is -0.694. The molecule has 1 aliphatic heterocycles. The lowest BCUT2D eigenvalue weighted by molar-refractivity contribution is 0.108. The summed E-state index contributed by atoms with van der Waals surface area (Å²) in [6, 6.07) is 4.94. The van der Waals surface area contributed by atoms with Crippen LogP contribution in [-0.4, -0.2) is 56.3 Å². The number of anilines is 1. The highest BCUT2D eigenvalue weighted by molar-refractivity contribution is 5.75. The largest absolute Gasteiger partial charge is 0.491 e. The summed E-state index contributed by atoms with van der Waals surface area (Å²) in [6.07, 6.45) is 3.57. The number of aromatic nitrogens is 5. The third-order valence-electron chi connectivity index (χ3n) is 7.33. The Morgan fingerprint density at radius 1 is 1.21 bits per heavy atom. The van der Waals surface area contributed by atoms with E-state index in [1.807, 2.05) is 27.0 Å². The molecule has 0 spiro atoms. The van der Waals surface area contributed by atoms with E-state index in [0.29, 0.717) is 48.6 Å². The molecule has 1 aliphatic carbocycles. The van der Waals surface area contributed by atoms with Crippen molar-refractivity contribution in [3.8, 4) is 28.4 Å². The van der Waals surface area contributed by atoms with Gasteiger partial charge in [0.1, 0.15) is 35.9 Å². The van der Waals surface area contributed by atoms with Gasteiger partial charge in [-0.25, -0.2) is 14.4 Å². The van der Waals surface area contributed by atoms with E-state index < -0.39 is 11.9 Å². The van der Waals surface area contributed by atoms with Gasteiger partial charge in [0, 0.05) is 24.2 Å². The maximum Gasteiger partial charge on any atom is 0.165 e. The number of hydrogen-bond donors (Lipinski definition) is 2. The van der Waals surface area contributed by atoms with Crippen molar-refractivity contribution in [2.45, 2.75) is 58.8 Å². The third-order valence-corrected chi connectivity index (χ3v) is 7.33. The molecule has 0 amide bonds. The van der Waals surface area contributed by atoms with Gasteiger partial charge >= 0.3 is 0 Å². The van der Waals surface area contributed by atoms with Gasteiger partial charge in [-0.2, -0.15) is 5.10 Å². The molecule has 2 aliphatic rings. The Balaban J connectivity index is 1.42.